The summed E-state index contributed by atoms with van der Waals surface area (Å²) in [4.78, 5) is 0.195. The van der Waals surface area contributed by atoms with Crippen LogP contribution in [0, 0.1) is 0 Å². The third-order valence-electron chi connectivity index (χ3n) is 2.12. The highest BCUT2D eigenvalue weighted by atomic mass is 35.5. The van der Waals surface area contributed by atoms with E-state index in [9.17, 15) is 8.42 Å². The van der Waals surface area contributed by atoms with Crippen molar-refractivity contribution in [2.24, 2.45) is 0 Å². The second-order valence-corrected chi connectivity index (χ2v) is 5.79. The zero-order valence-corrected chi connectivity index (χ0v) is 11.1. The topological polar surface area (TPSA) is 46.2 Å². The van der Waals surface area contributed by atoms with Crippen LogP contribution in [0.3, 0.4) is 0 Å². The predicted octanol–water partition coefficient (Wildman–Crippen LogP) is 2.64. The van der Waals surface area contributed by atoms with Crippen LogP contribution in [-0.2, 0) is 10.0 Å². The molecule has 0 amide bonds. The Hall–Kier alpha value is -0.290. The van der Waals surface area contributed by atoms with Gasteiger partial charge in [-0.25, -0.2) is 13.1 Å². The molecule has 1 aromatic carbocycles. The molecule has 0 aliphatic heterocycles. The monoisotopic (exact) mass is 281 g/mol. The van der Waals surface area contributed by atoms with Gasteiger partial charge in [0.15, 0.2) is 0 Å². The molecule has 0 aliphatic carbocycles. The minimum atomic E-state index is -3.49. The fourth-order valence-electron chi connectivity index (χ4n) is 1.13. The number of alkyl halides is 1. The van der Waals surface area contributed by atoms with Crippen molar-refractivity contribution in [3.05, 3.63) is 29.3 Å². The van der Waals surface area contributed by atoms with Crippen molar-refractivity contribution in [2.75, 3.05) is 5.88 Å². The summed E-state index contributed by atoms with van der Waals surface area (Å²) in [6.45, 7) is 1.87. The van der Waals surface area contributed by atoms with E-state index in [-0.39, 0.29) is 16.8 Å². The van der Waals surface area contributed by atoms with Crippen molar-refractivity contribution in [2.45, 2.75) is 24.3 Å². The lowest BCUT2D eigenvalue weighted by molar-refractivity contribution is 0.557. The van der Waals surface area contributed by atoms with Crippen LogP contribution in [0.25, 0.3) is 0 Å². The van der Waals surface area contributed by atoms with E-state index in [2.05, 4.69) is 4.72 Å². The van der Waals surface area contributed by atoms with Gasteiger partial charge in [0.2, 0.25) is 10.0 Å². The molecular formula is C10H13Cl2NO2S. The number of sulfonamides is 1. The van der Waals surface area contributed by atoms with Gasteiger partial charge < -0.3 is 0 Å². The molecule has 16 heavy (non-hydrogen) atoms. The molecule has 90 valence electrons. The van der Waals surface area contributed by atoms with E-state index < -0.39 is 10.0 Å². The maximum atomic E-state index is 11.9. The van der Waals surface area contributed by atoms with Gasteiger partial charge in [-0.15, -0.1) is 11.6 Å². The zero-order chi connectivity index (χ0) is 12.2. The van der Waals surface area contributed by atoms with Crippen LogP contribution < -0.4 is 4.72 Å². The third-order valence-corrected chi connectivity index (χ3v) is 4.29. The summed E-state index contributed by atoms with van der Waals surface area (Å²) < 4.78 is 26.2. The van der Waals surface area contributed by atoms with Gasteiger partial charge >= 0.3 is 0 Å². The quantitative estimate of drug-likeness (QED) is 0.844. The molecule has 0 fully saturated rings. The van der Waals surface area contributed by atoms with Crippen molar-refractivity contribution >= 4 is 33.2 Å². The average molecular weight is 282 g/mol. The highest BCUT2D eigenvalue weighted by Gasteiger charge is 2.17. The Labute approximate surface area is 106 Å². The molecule has 1 rings (SSSR count). The van der Waals surface area contributed by atoms with Gasteiger partial charge in [0.1, 0.15) is 0 Å². The Bertz CT molecular complexity index is 427. The largest absolute Gasteiger partial charge is 0.240 e. The molecule has 1 N–H and O–H groups in total. The lowest BCUT2D eigenvalue weighted by Crippen LogP contribution is -2.35. The smallest absolute Gasteiger partial charge is 0.207 e. The molecule has 0 aliphatic rings. The van der Waals surface area contributed by atoms with Gasteiger partial charge in [-0.2, -0.15) is 0 Å². The Morgan fingerprint density at radius 1 is 1.31 bits per heavy atom. The molecule has 0 saturated heterocycles. The van der Waals surface area contributed by atoms with E-state index in [0.717, 1.165) is 0 Å². The van der Waals surface area contributed by atoms with E-state index in [0.29, 0.717) is 11.4 Å². The fourth-order valence-corrected chi connectivity index (χ4v) is 2.96. The van der Waals surface area contributed by atoms with E-state index in [1.165, 1.54) is 24.3 Å². The van der Waals surface area contributed by atoms with E-state index in [1.54, 1.807) is 0 Å². The maximum Gasteiger partial charge on any atom is 0.240 e. The first-order valence-electron chi connectivity index (χ1n) is 4.83. The summed E-state index contributed by atoms with van der Waals surface area (Å²) in [5.74, 6) is 0.253. The zero-order valence-electron chi connectivity index (χ0n) is 8.78. The number of halogens is 2. The fraction of sp³-hybridized carbons (Fsp3) is 0.400. The van der Waals surface area contributed by atoms with Gasteiger partial charge in [-0.05, 0) is 30.7 Å². The Balaban J connectivity index is 2.89. The summed E-state index contributed by atoms with van der Waals surface area (Å²) in [6, 6.07) is 5.76. The van der Waals surface area contributed by atoms with Crippen LogP contribution in [0.5, 0.6) is 0 Å². The standard InChI is InChI=1S/C10H13Cl2NO2S/c1-2-9(7-11)13-16(14,15)10-5-3-8(12)4-6-10/h3-6,9,13H,2,7H2,1H3. The van der Waals surface area contributed by atoms with Gasteiger partial charge in [-0.3, -0.25) is 0 Å². The van der Waals surface area contributed by atoms with Crippen molar-refractivity contribution in [3.63, 3.8) is 0 Å². The Morgan fingerprint density at radius 2 is 1.88 bits per heavy atom. The van der Waals surface area contributed by atoms with Crippen molar-refractivity contribution in [1.82, 2.24) is 4.72 Å². The van der Waals surface area contributed by atoms with Crippen molar-refractivity contribution < 1.29 is 8.42 Å². The molecule has 1 unspecified atom stereocenters. The van der Waals surface area contributed by atoms with Gasteiger partial charge in [0.05, 0.1) is 4.90 Å². The first kappa shape index (κ1) is 13.8. The molecule has 3 nitrogen and oxygen atoms in total. The first-order valence-corrected chi connectivity index (χ1v) is 7.23. The van der Waals surface area contributed by atoms with E-state index >= 15 is 0 Å². The molecule has 0 heterocycles. The summed E-state index contributed by atoms with van der Waals surface area (Å²) in [5, 5.41) is 0.503. The number of rotatable bonds is 5. The van der Waals surface area contributed by atoms with Gasteiger partial charge in [-0.1, -0.05) is 18.5 Å². The van der Waals surface area contributed by atoms with Crippen LogP contribution in [0.4, 0.5) is 0 Å². The minimum Gasteiger partial charge on any atom is -0.207 e. The lowest BCUT2D eigenvalue weighted by Gasteiger charge is -2.13. The second-order valence-electron chi connectivity index (χ2n) is 3.33. The molecule has 0 radical (unpaired) electrons. The Morgan fingerprint density at radius 3 is 2.31 bits per heavy atom. The highest BCUT2D eigenvalue weighted by molar-refractivity contribution is 7.89. The highest BCUT2D eigenvalue weighted by Crippen LogP contribution is 2.14. The molecule has 0 spiro atoms. The number of benzene rings is 1. The van der Waals surface area contributed by atoms with Crippen molar-refractivity contribution in [1.29, 1.82) is 0 Å². The summed E-state index contributed by atoms with van der Waals surface area (Å²) in [7, 11) is -3.49. The van der Waals surface area contributed by atoms with E-state index in [4.69, 9.17) is 23.2 Å². The molecular weight excluding hydrogens is 269 g/mol. The van der Waals surface area contributed by atoms with Crippen LogP contribution in [-0.4, -0.2) is 20.3 Å². The molecule has 0 saturated carbocycles. The summed E-state index contributed by atoms with van der Waals surface area (Å²) in [6.07, 6.45) is 0.649. The van der Waals surface area contributed by atoms with Gasteiger partial charge in [0.25, 0.3) is 0 Å². The molecule has 6 heteroatoms. The average Bonchev–Trinajstić information content (AvgIpc) is 2.26. The van der Waals surface area contributed by atoms with Gasteiger partial charge in [0, 0.05) is 16.9 Å². The minimum absolute atomic E-state index is 0.195. The Kier molecular flexibility index (Phi) is 5.05. The molecule has 1 atom stereocenters. The summed E-state index contributed by atoms with van der Waals surface area (Å²) in [5.41, 5.74) is 0. The molecule has 0 aromatic heterocycles. The van der Waals surface area contributed by atoms with Crippen molar-refractivity contribution in [3.8, 4) is 0 Å². The maximum absolute atomic E-state index is 11.9. The van der Waals surface area contributed by atoms with Crippen LogP contribution >= 0.6 is 23.2 Å². The molecule has 0 bridgehead atoms. The van der Waals surface area contributed by atoms with E-state index in [1.807, 2.05) is 6.92 Å². The second kappa shape index (κ2) is 5.87. The number of hydrogen-bond acceptors (Lipinski definition) is 2. The number of hydrogen-bond donors (Lipinski definition) is 1. The summed E-state index contributed by atoms with van der Waals surface area (Å²) >= 11 is 11.3. The third kappa shape index (κ3) is 3.63. The lowest BCUT2D eigenvalue weighted by atomic mass is 10.3. The number of nitrogens with one attached hydrogen (secondary N) is 1. The van der Waals surface area contributed by atoms with Crippen LogP contribution in [0.1, 0.15) is 13.3 Å². The first-order chi connectivity index (χ1) is 7.49. The van der Waals surface area contributed by atoms with Crippen LogP contribution in [0.15, 0.2) is 29.2 Å². The molecule has 1 aromatic rings. The normalized spacial score (nSPS) is 13.7. The predicted molar refractivity (Wildman–Crippen MR) is 66.6 cm³/mol. The SMILES string of the molecule is CCC(CCl)NS(=O)(=O)c1ccc(Cl)cc1. The van der Waals surface area contributed by atoms with Crippen LogP contribution in [0.2, 0.25) is 5.02 Å².